The van der Waals surface area contributed by atoms with Crippen molar-refractivity contribution in [2.75, 3.05) is 11.9 Å². The van der Waals surface area contributed by atoms with Crippen LogP contribution in [0.1, 0.15) is 62.8 Å². The summed E-state index contributed by atoms with van der Waals surface area (Å²) in [5.74, 6) is 0.111. The fourth-order valence-corrected chi connectivity index (χ4v) is 5.37. The summed E-state index contributed by atoms with van der Waals surface area (Å²) in [5, 5.41) is 7.61. The van der Waals surface area contributed by atoms with E-state index in [1.165, 1.54) is 0 Å². The standard InChI is InChI=1S/C27H31F3N4O/c1-17(27(28,29)30)23-20-5-2-6-22(34-26-12-9-25(31,10-13-26)11-14-26)21(20)16-19(33-23)4-3-15-32-24(35)18-7-8-18/h2-6,16,18,34H,1,7-15,31H2,(H,32,35)/b4-3+. The summed E-state index contributed by atoms with van der Waals surface area (Å²) < 4.78 is 41.0. The number of nitrogens with one attached hydrogen (secondary N) is 2. The predicted molar refractivity (Wildman–Crippen MR) is 133 cm³/mol. The molecule has 4 aliphatic carbocycles. The Morgan fingerprint density at radius 3 is 2.46 bits per heavy atom. The molecule has 1 heterocycles. The van der Waals surface area contributed by atoms with Gasteiger partial charge in [0.05, 0.1) is 17.0 Å². The number of anilines is 1. The first-order valence-corrected chi connectivity index (χ1v) is 12.3. The maximum Gasteiger partial charge on any atom is 0.417 e. The number of hydrogen-bond donors (Lipinski definition) is 3. The fraction of sp³-hybridized carbons (Fsp3) is 0.481. The number of nitrogens with zero attached hydrogens (tertiary/aromatic N) is 1. The summed E-state index contributed by atoms with van der Waals surface area (Å²) >= 11 is 0. The molecule has 6 rings (SSSR count). The Morgan fingerprint density at radius 2 is 1.83 bits per heavy atom. The summed E-state index contributed by atoms with van der Waals surface area (Å²) in [6.45, 7) is 3.62. The number of alkyl halides is 3. The number of aromatic nitrogens is 1. The van der Waals surface area contributed by atoms with Crippen LogP contribution in [-0.4, -0.2) is 34.7 Å². The molecule has 35 heavy (non-hydrogen) atoms. The average molecular weight is 485 g/mol. The summed E-state index contributed by atoms with van der Waals surface area (Å²) in [6, 6.07) is 7.14. The van der Waals surface area contributed by atoms with Gasteiger partial charge < -0.3 is 16.4 Å². The van der Waals surface area contributed by atoms with Crippen molar-refractivity contribution >= 4 is 34.0 Å². The van der Waals surface area contributed by atoms with E-state index in [1.54, 1.807) is 30.4 Å². The van der Waals surface area contributed by atoms with Crippen LogP contribution in [0.2, 0.25) is 0 Å². The van der Waals surface area contributed by atoms with Crippen LogP contribution in [0.25, 0.3) is 22.4 Å². The van der Waals surface area contributed by atoms with Crippen LogP contribution in [0.5, 0.6) is 0 Å². The molecule has 0 saturated heterocycles. The molecular formula is C27H31F3N4O. The van der Waals surface area contributed by atoms with Crippen LogP contribution >= 0.6 is 0 Å². The zero-order valence-electron chi connectivity index (χ0n) is 19.7. The molecule has 2 aromatic rings. The number of hydrogen-bond acceptors (Lipinski definition) is 4. The second-order valence-corrected chi connectivity index (χ2v) is 10.5. The van der Waals surface area contributed by atoms with E-state index >= 15 is 0 Å². The molecule has 0 spiro atoms. The van der Waals surface area contributed by atoms with Gasteiger partial charge in [-0.2, -0.15) is 13.2 Å². The van der Waals surface area contributed by atoms with E-state index in [0.717, 1.165) is 57.1 Å². The van der Waals surface area contributed by atoms with E-state index in [-0.39, 0.29) is 28.6 Å². The Morgan fingerprint density at radius 1 is 1.14 bits per heavy atom. The first-order valence-electron chi connectivity index (χ1n) is 12.3. The number of carbonyl (C=O) groups excluding carboxylic acids is 1. The molecule has 4 N–H and O–H groups in total. The number of carbonyl (C=O) groups is 1. The molecule has 0 unspecified atom stereocenters. The molecule has 8 heteroatoms. The van der Waals surface area contributed by atoms with Gasteiger partial charge in [-0.3, -0.25) is 4.79 Å². The molecule has 0 aliphatic heterocycles. The van der Waals surface area contributed by atoms with Crippen molar-refractivity contribution in [1.29, 1.82) is 0 Å². The van der Waals surface area contributed by atoms with Gasteiger partial charge in [-0.15, -0.1) is 0 Å². The van der Waals surface area contributed by atoms with Crippen molar-refractivity contribution in [2.24, 2.45) is 11.7 Å². The molecule has 2 bridgehead atoms. The number of amides is 1. The van der Waals surface area contributed by atoms with Crippen LogP contribution < -0.4 is 16.4 Å². The van der Waals surface area contributed by atoms with Gasteiger partial charge in [0, 0.05) is 40.0 Å². The molecule has 5 nitrogen and oxygen atoms in total. The number of benzene rings is 1. The fourth-order valence-electron chi connectivity index (χ4n) is 5.37. The Labute approximate surface area is 203 Å². The minimum atomic E-state index is -4.60. The van der Waals surface area contributed by atoms with Crippen LogP contribution in [0.15, 0.2) is 36.9 Å². The molecule has 0 atom stereocenters. The number of pyridine rings is 1. The highest BCUT2D eigenvalue weighted by atomic mass is 19.4. The number of fused-ring (bicyclic) bond motifs is 4. The molecule has 1 amide bonds. The normalized spacial score (nSPS) is 26.3. The highest BCUT2D eigenvalue weighted by molar-refractivity contribution is 6.01. The third-order valence-corrected chi connectivity index (χ3v) is 7.86. The summed E-state index contributed by atoms with van der Waals surface area (Å²) in [7, 11) is 0. The van der Waals surface area contributed by atoms with Gasteiger partial charge >= 0.3 is 6.18 Å². The number of nitrogens with two attached hydrogens (primary N) is 1. The van der Waals surface area contributed by atoms with Crippen molar-refractivity contribution < 1.29 is 18.0 Å². The maximum atomic E-state index is 13.7. The molecule has 4 fully saturated rings. The Balaban J connectivity index is 1.49. The lowest BCUT2D eigenvalue weighted by Crippen LogP contribution is -2.57. The van der Waals surface area contributed by atoms with Gasteiger partial charge in [0.2, 0.25) is 5.91 Å². The lowest BCUT2D eigenvalue weighted by molar-refractivity contribution is -0.122. The summed E-state index contributed by atoms with van der Waals surface area (Å²) in [5.41, 5.74) is 6.33. The lowest BCUT2D eigenvalue weighted by Gasteiger charge is -2.52. The molecule has 1 aromatic heterocycles. The van der Waals surface area contributed by atoms with Gasteiger partial charge in [-0.25, -0.2) is 4.98 Å². The van der Waals surface area contributed by atoms with Gasteiger partial charge in [-0.1, -0.05) is 24.8 Å². The Hall–Kier alpha value is -2.87. The van der Waals surface area contributed by atoms with Gasteiger partial charge in [0.1, 0.15) is 0 Å². The molecule has 4 saturated carbocycles. The molecule has 186 valence electrons. The lowest BCUT2D eigenvalue weighted by atomic mass is 9.62. The zero-order valence-corrected chi connectivity index (χ0v) is 19.7. The molecule has 4 aliphatic rings. The highest BCUT2D eigenvalue weighted by Gasteiger charge is 2.46. The number of rotatable bonds is 7. The number of halogens is 3. The van der Waals surface area contributed by atoms with Gasteiger partial charge in [0.15, 0.2) is 0 Å². The minimum absolute atomic E-state index is 0.0134. The van der Waals surface area contributed by atoms with Crippen LogP contribution in [0.3, 0.4) is 0 Å². The van der Waals surface area contributed by atoms with Crippen molar-refractivity contribution in [3.8, 4) is 0 Å². The van der Waals surface area contributed by atoms with Gasteiger partial charge in [0.25, 0.3) is 0 Å². The van der Waals surface area contributed by atoms with Crippen LogP contribution in [-0.2, 0) is 4.79 Å². The summed E-state index contributed by atoms with van der Waals surface area (Å²) in [4.78, 5) is 16.2. The Bertz CT molecular complexity index is 1170. The third-order valence-electron chi connectivity index (χ3n) is 7.86. The number of allylic oxidation sites excluding steroid dienone is 1. The zero-order chi connectivity index (χ0) is 24.8. The largest absolute Gasteiger partial charge is 0.417 e. The molecular weight excluding hydrogens is 453 g/mol. The van der Waals surface area contributed by atoms with E-state index in [9.17, 15) is 18.0 Å². The van der Waals surface area contributed by atoms with Crippen molar-refractivity contribution in [3.63, 3.8) is 0 Å². The minimum Gasteiger partial charge on any atom is -0.379 e. The second-order valence-electron chi connectivity index (χ2n) is 10.5. The van der Waals surface area contributed by atoms with E-state index < -0.39 is 11.7 Å². The van der Waals surface area contributed by atoms with E-state index in [1.807, 2.05) is 6.07 Å². The van der Waals surface area contributed by atoms with Crippen molar-refractivity contribution in [2.45, 2.75) is 68.6 Å². The van der Waals surface area contributed by atoms with Crippen molar-refractivity contribution in [3.05, 3.63) is 48.3 Å². The maximum absolute atomic E-state index is 13.7. The van der Waals surface area contributed by atoms with E-state index in [2.05, 4.69) is 22.2 Å². The average Bonchev–Trinajstić information content (AvgIpc) is 3.67. The Kier molecular flexibility index (Phi) is 5.90. The first kappa shape index (κ1) is 23.9. The van der Waals surface area contributed by atoms with Crippen LogP contribution in [0, 0.1) is 5.92 Å². The monoisotopic (exact) mass is 484 g/mol. The SMILES string of the molecule is C=C(c1nc(/C=C/CNC(=O)C2CC2)cc2c(NC34CCC(N)(CC3)CC4)cccc12)C(F)(F)F. The van der Waals surface area contributed by atoms with Crippen molar-refractivity contribution in [1.82, 2.24) is 10.3 Å². The van der Waals surface area contributed by atoms with E-state index in [4.69, 9.17) is 5.73 Å². The smallest absolute Gasteiger partial charge is 0.379 e. The second kappa shape index (κ2) is 8.66. The quantitative estimate of drug-likeness (QED) is 0.480. The predicted octanol–water partition coefficient (Wildman–Crippen LogP) is 5.57. The third kappa shape index (κ3) is 4.94. The molecule has 0 radical (unpaired) electrons. The van der Waals surface area contributed by atoms with Gasteiger partial charge in [-0.05, 0) is 69.6 Å². The topological polar surface area (TPSA) is 80.0 Å². The highest BCUT2D eigenvalue weighted by Crippen LogP contribution is 2.48. The molecule has 1 aromatic carbocycles. The summed E-state index contributed by atoms with van der Waals surface area (Å²) in [6.07, 6.45) is 6.27. The first-order chi connectivity index (χ1) is 16.6. The van der Waals surface area contributed by atoms with Crippen LogP contribution in [0.4, 0.5) is 18.9 Å². The van der Waals surface area contributed by atoms with E-state index in [0.29, 0.717) is 23.0 Å².